The summed E-state index contributed by atoms with van der Waals surface area (Å²) in [7, 11) is 0. The van der Waals surface area contributed by atoms with Crippen molar-refractivity contribution in [1.29, 1.82) is 0 Å². The SMILES string of the molecule is C=C/C(CC1CCCC1)=N\NC/C(C)=C(/N=C)c1ccc(O[C@H]2COC[C@H](C(=O)O)C2)c(C)n1. The Kier molecular flexibility index (Phi) is 9.39. The predicted molar refractivity (Wildman–Crippen MR) is 134 cm³/mol. The van der Waals surface area contributed by atoms with E-state index in [0.29, 0.717) is 48.3 Å². The molecule has 2 atom stereocenters. The van der Waals surface area contributed by atoms with Gasteiger partial charge in [-0.25, -0.2) is 4.98 Å². The van der Waals surface area contributed by atoms with Crippen LogP contribution in [0.4, 0.5) is 0 Å². The van der Waals surface area contributed by atoms with E-state index in [9.17, 15) is 9.90 Å². The Morgan fingerprint density at radius 1 is 1.35 bits per heavy atom. The Morgan fingerprint density at radius 2 is 2.12 bits per heavy atom. The van der Waals surface area contributed by atoms with Gasteiger partial charge >= 0.3 is 5.97 Å². The number of rotatable bonds is 11. The third-order valence-corrected chi connectivity index (χ3v) is 6.43. The fourth-order valence-electron chi connectivity index (χ4n) is 4.50. The number of hydrogen-bond donors (Lipinski definition) is 2. The van der Waals surface area contributed by atoms with E-state index in [4.69, 9.17) is 9.47 Å². The van der Waals surface area contributed by atoms with Crippen molar-refractivity contribution in [3.05, 3.63) is 41.7 Å². The van der Waals surface area contributed by atoms with Crippen molar-refractivity contribution >= 4 is 24.1 Å². The molecule has 0 aromatic carbocycles. The van der Waals surface area contributed by atoms with Gasteiger partial charge < -0.3 is 20.0 Å². The summed E-state index contributed by atoms with van der Waals surface area (Å²) in [6.45, 7) is 12.6. The van der Waals surface area contributed by atoms with E-state index >= 15 is 0 Å². The first-order valence-corrected chi connectivity index (χ1v) is 11.9. The minimum absolute atomic E-state index is 0.219. The average Bonchev–Trinajstić information content (AvgIpc) is 3.34. The van der Waals surface area contributed by atoms with Gasteiger partial charge in [-0.15, -0.1) is 0 Å². The molecule has 8 nitrogen and oxygen atoms in total. The van der Waals surface area contributed by atoms with Crippen LogP contribution in [0.3, 0.4) is 0 Å². The molecule has 1 saturated carbocycles. The van der Waals surface area contributed by atoms with Crippen LogP contribution in [-0.2, 0) is 9.53 Å². The molecule has 0 spiro atoms. The highest BCUT2D eigenvalue weighted by Crippen LogP contribution is 2.28. The van der Waals surface area contributed by atoms with Gasteiger partial charge in [-0.05, 0) is 56.7 Å². The van der Waals surface area contributed by atoms with Gasteiger partial charge in [-0.2, -0.15) is 5.10 Å². The molecule has 2 heterocycles. The van der Waals surface area contributed by atoms with Crippen LogP contribution in [0.5, 0.6) is 5.75 Å². The minimum Gasteiger partial charge on any atom is -0.486 e. The molecule has 1 aromatic rings. The van der Waals surface area contributed by atoms with Gasteiger partial charge in [0.05, 0.1) is 48.5 Å². The van der Waals surface area contributed by atoms with Crippen LogP contribution in [0.25, 0.3) is 5.70 Å². The van der Waals surface area contributed by atoms with Gasteiger partial charge in [0.2, 0.25) is 0 Å². The van der Waals surface area contributed by atoms with Crippen LogP contribution in [0.1, 0.15) is 56.8 Å². The van der Waals surface area contributed by atoms with E-state index in [1.807, 2.05) is 32.1 Å². The van der Waals surface area contributed by atoms with Crippen molar-refractivity contribution in [3.63, 3.8) is 0 Å². The fraction of sp³-hybridized carbons (Fsp3) is 0.538. The lowest BCUT2D eigenvalue weighted by Gasteiger charge is -2.27. The van der Waals surface area contributed by atoms with Crippen LogP contribution in [0.2, 0.25) is 0 Å². The summed E-state index contributed by atoms with van der Waals surface area (Å²) >= 11 is 0. The summed E-state index contributed by atoms with van der Waals surface area (Å²) in [5, 5.41) is 13.8. The maximum Gasteiger partial charge on any atom is 0.308 e. The molecule has 184 valence electrons. The van der Waals surface area contributed by atoms with Crippen molar-refractivity contribution in [2.24, 2.45) is 21.9 Å². The number of aliphatic carboxylic acids is 1. The van der Waals surface area contributed by atoms with Crippen LogP contribution < -0.4 is 10.2 Å². The zero-order valence-corrected chi connectivity index (χ0v) is 20.3. The molecule has 0 radical (unpaired) electrons. The van der Waals surface area contributed by atoms with Crippen molar-refractivity contribution in [2.45, 2.75) is 58.5 Å². The number of carboxylic acid groups (broad SMARTS) is 1. The van der Waals surface area contributed by atoms with Crippen LogP contribution in [0.15, 0.2) is 40.5 Å². The minimum atomic E-state index is -0.863. The molecule has 1 saturated heterocycles. The van der Waals surface area contributed by atoms with Gasteiger partial charge in [0.1, 0.15) is 11.9 Å². The van der Waals surface area contributed by atoms with E-state index in [1.165, 1.54) is 25.7 Å². The lowest BCUT2D eigenvalue weighted by molar-refractivity contribution is -0.149. The summed E-state index contributed by atoms with van der Waals surface area (Å²) in [4.78, 5) is 20.1. The summed E-state index contributed by atoms with van der Waals surface area (Å²) < 4.78 is 11.4. The molecular formula is C26H36N4O4. The summed E-state index contributed by atoms with van der Waals surface area (Å²) in [6, 6.07) is 3.68. The first kappa shape index (κ1) is 25.6. The smallest absolute Gasteiger partial charge is 0.308 e. The number of carboxylic acids is 1. The molecule has 3 rings (SSSR count). The molecule has 34 heavy (non-hydrogen) atoms. The number of aromatic nitrogens is 1. The number of nitrogens with one attached hydrogen (secondary N) is 1. The zero-order chi connectivity index (χ0) is 24.5. The highest BCUT2D eigenvalue weighted by molar-refractivity contribution is 5.94. The van der Waals surface area contributed by atoms with E-state index in [-0.39, 0.29) is 12.7 Å². The van der Waals surface area contributed by atoms with E-state index in [0.717, 1.165) is 17.7 Å². The first-order chi connectivity index (χ1) is 16.4. The summed E-state index contributed by atoms with van der Waals surface area (Å²) in [6.07, 6.45) is 8.06. The van der Waals surface area contributed by atoms with Crippen molar-refractivity contribution in [1.82, 2.24) is 10.4 Å². The van der Waals surface area contributed by atoms with Crippen molar-refractivity contribution in [3.8, 4) is 5.75 Å². The quantitative estimate of drug-likeness (QED) is 0.368. The Bertz CT molecular complexity index is 950. The highest BCUT2D eigenvalue weighted by Gasteiger charge is 2.29. The van der Waals surface area contributed by atoms with Crippen LogP contribution in [0, 0.1) is 18.8 Å². The normalized spacial score (nSPS) is 22.1. The lowest BCUT2D eigenvalue weighted by atomic mass is 10.0. The number of pyridine rings is 1. The van der Waals surface area contributed by atoms with Crippen molar-refractivity contribution in [2.75, 3.05) is 19.8 Å². The summed E-state index contributed by atoms with van der Waals surface area (Å²) in [5.74, 6) is -0.0979. The number of hydrogen-bond acceptors (Lipinski definition) is 7. The number of carbonyl (C=O) groups is 1. The molecule has 0 bridgehead atoms. The largest absolute Gasteiger partial charge is 0.486 e. The lowest BCUT2D eigenvalue weighted by Crippen LogP contribution is -2.37. The average molecular weight is 469 g/mol. The number of aliphatic imine (C=N–C) groups is 1. The molecule has 2 aliphatic rings. The molecule has 8 heteroatoms. The van der Waals surface area contributed by atoms with Gasteiger partial charge in [-0.1, -0.05) is 32.3 Å². The Morgan fingerprint density at radius 3 is 2.76 bits per heavy atom. The second-order valence-electron chi connectivity index (χ2n) is 9.11. The Labute approximate surface area is 201 Å². The molecular weight excluding hydrogens is 432 g/mol. The fourth-order valence-corrected chi connectivity index (χ4v) is 4.50. The topological polar surface area (TPSA) is 105 Å². The first-order valence-electron chi connectivity index (χ1n) is 11.9. The molecule has 2 fully saturated rings. The van der Waals surface area contributed by atoms with Crippen LogP contribution >= 0.6 is 0 Å². The summed E-state index contributed by atoms with van der Waals surface area (Å²) in [5.41, 5.74) is 7.18. The number of nitrogens with zero attached hydrogens (tertiary/aromatic N) is 3. The molecule has 2 N–H and O–H groups in total. The predicted octanol–water partition coefficient (Wildman–Crippen LogP) is 4.40. The van der Waals surface area contributed by atoms with Gasteiger partial charge in [-0.3, -0.25) is 9.79 Å². The van der Waals surface area contributed by atoms with Gasteiger partial charge in [0.15, 0.2) is 0 Å². The maximum absolute atomic E-state index is 11.3. The zero-order valence-electron chi connectivity index (χ0n) is 20.3. The number of ether oxygens (including phenoxy) is 2. The van der Waals surface area contributed by atoms with Crippen LogP contribution in [-0.4, -0.2) is 54.4 Å². The Balaban J connectivity index is 1.63. The number of hydrazone groups is 1. The maximum atomic E-state index is 11.3. The molecule has 0 amide bonds. The molecule has 1 aromatic heterocycles. The van der Waals surface area contributed by atoms with Gasteiger partial charge in [0, 0.05) is 6.42 Å². The molecule has 0 unspecified atom stereocenters. The van der Waals surface area contributed by atoms with Gasteiger partial charge in [0.25, 0.3) is 0 Å². The second-order valence-corrected chi connectivity index (χ2v) is 9.11. The third-order valence-electron chi connectivity index (χ3n) is 6.43. The Hall–Kier alpha value is -3.00. The van der Waals surface area contributed by atoms with E-state index < -0.39 is 11.9 Å². The van der Waals surface area contributed by atoms with E-state index in [1.54, 1.807) is 0 Å². The third kappa shape index (κ3) is 7.00. The molecule has 1 aliphatic carbocycles. The standard InChI is InChI=1S/C26H36N4O4/c1-5-21(12-19-8-6-7-9-19)30-28-14-17(2)25(27-4)23-10-11-24(18(3)29-23)34-22-13-20(26(31)32)15-33-16-22/h5,10-11,19-20,22,28H,1,4,6-9,12-16H2,2-3H3,(H,31,32)/b25-17+,30-21+/t20-,22-/m1/s1. The highest BCUT2D eigenvalue weighted by atomic mass is 16.5. The number of aryl methyl sites for hydroxylation is 1. The van der Waals surface area contributed by atoms with Crippen molar-refractivity contribution < 1.29 is 19.4 Å². The molecule has 1 aliphatic heterocycles. The second kappa shape index (κ2) is 12.5. The number of allylic oxidation sites excluding steroid dienone is 1. The van der Waals surface area contributed by atoms with E-state index in [2.05, 4.69) is 33.8 Å². The monoisotopic (exact) mass is 468 g/mol.